The van der Waals surface area contributed by atoms with Crippen LogP contribution in [-0.4, -0.2) is 35.7 Å². The molecular formula is C25H30ClN3O3. The van der Waals surface area contributed by atoms with E-state index in [9.17, 15) is 14.4 Å². The van der Waals surface area contributed by atoms with E-state index in [1.807, 2.05) is 56.3 Å². The minimum absolute atomic E-state index is 0.0852. The van der Waals surface area contributed by atoms with Crippen LogP contribution in [0.15, 0.2) is 42.5 Å². The van der Waals surface area contributed by atoms with Crippen molar-refractivity contribution in [2.24, 2.45) is 0 Å². The second kappa shape index (κ2) is 11.1. The molecule has 32 heavy (non-hydrogen) atoms. The molecule has 1 heterocycles. The van der Waals surface area contributed by atoms with E-state index in [4.69, 9.17) is 11.6 Å². The number of rotatable bonds is 9. The van der Waals surface area contributed by atoms with Crippen LogP contribution in [-0.2, 0) is 27.3 Å². The van der Waals surface area contributed by atoms with Crippen molar-refractivity contribution >= 4 is 40.7 Å². The fraction of sp³-hybridized carbons (Fsp3) is 0.400. The van der Waals surface area contributed by atoms with E-state index in [0.29, 0.717) is 62.4 Å². The van der Waals surface area contributed by atoms with Crippen LogP contribution < -0.4 is 10.2 Å². The van der Waals surface area contributed by atoms with E-state index in [1.54, 1.807) is 9.80 Å². The lowest BCUT2D eigenvalue weighted by molar-refractivity contribution is -0.131. The monoisotopic (exact) mass is 455 g/mol. The second-order valence-corrected chi connectivity index (χ2v) is 8.35. The molecule has 2 aromatic carbocycles. The maximum Gasteiger partial charge on any atom is 0.227 e. The highest BCUT2D eigenvalue weighted by molar-refractivity contribution is 6.30. The normalized spacial score (nSPS) is 13.0. The first kappa shape index (κ1) is 23.8. The Morgan fingerprint density at radius 2 is 1.75 bits per heavy atom. The van der Waals surface area contributed by atoms with Crippen molar-refractivity contribution in [1.82, 2.24) is 4.90 Å². The first-order chi connectivity index (χ1) is 15.4. The van der Waals surface area contributed by atoms with Gasteiger partial charge in [0.15, 0.2) is 0 Å². The molecule has 0 spiro atoms. The Morgan fingerprint density at radius 3 is 2.44 bits per heavy atom. The molecule has 1 N–H and O–H groups in total. The van der Waals surface area contributed by atoms with Crippen LogP contribution in [0.1, 0.15) is 50.7 Å². The Hall–Kier alpha value is -2.86. The minimum atomic E-state index is -0.109. The molecule has 3 amide bonds. The summed E-state index contributed by atoms with van der Waals surface area (Å²) in [6.07, 6.45) is 2.28. The fourth-order valence-electron chi connectivity index (χ4n) is 3.94. The minimum Gasteiger partial charge on any atom is -0.343 e. The Balaban J connectivity index is 1.60. The van der Waals surface area contributed by atoms with Gasteiger partial charge in [0.2, 0.25) is 17.7 Å². The Kier molecular flexibility index (Phi) is 8.28. The molecule has 0 fully saturated rings. The van der Waals surface area contributed by atoms with Crippen molar-refractivity contribution in [1.29, 1.82) is 0 Å². The van der Waals surface area contributed by atoms with Crippen molar-refractivity contribution in [3.05, 3.63) is 58.6 Å². The van der Waals surface area contributed by atoms with Gasteiger partial charge in [0.1, 0.15) is 0 Å². The molecule has 0 saturated heterocycles. The van der Waals surface area contributed by atoms with Crippen molar-refractivity contribution in [2.75, 3.05) is 23.3 Å². The van der Waals surface area contributed by atoms with Gasteiger partial charge in [-0.05, 0) is 68.1 Å². The van der Waals surface area contributed by atoms with E-state index < -0.39 is 0 Å². The van der Waals surface area contributed by atoms with Gasteiger partial charge in [0, 0.05) is 48.7 Å². The van der Waals surface area contributed by atoms with E-state index in [0.717, 1.165) is 16.8 Å². The van der Waals surface area contributed by atoms with Crippen LogP contribution in [0, 0.1) is 0 Å². The van der Waals surface area contributed by atoms with E-state index in [1.165, 1.54) is 0 Å². The van der Waals surface area contributed by atoms with Crippen LogP contribution in [0.5, 0.6) is 0 Å². The number of aryl methyl sites for hydroxylation is 1. The number of benzene rings is 2. The predicted octanol–water partition coefficient (Wildman–Crippen LogP) is 4.80. The molecule has 1 aliphatic rings. The molecule has 0 atom stereocenters. The summed E-state index contributed by atoms with van der Waals surface area (Å²) in [6.45, 7) is 5.76. The quantitative estimate of drug-likeness (QED) is 0.590. The third-order valence-corrected chi connectivity index (χ3v) is 5.98. The lowest BCUT2D eigenvalue weighted by Crippen LogP contribution is -2.34. The number of hydrogen-bond donors (Lipinski definition) is 1. The number of hydrogen-bond acceptors (Lipinski definition) is 3. The SMILES string of the molecule is CCN(CC)C(=O)CCCC(=O)Nc1ccc2c(c1)CCC(=O)N2Cc1ccc(Cl)cc1. The second-order valence-electron chi connectivity index (χ2n) is 7.92. The lowest BCUT2D eigenvalue weighted by atomic mass is 9.99. The topological polar surface area (TPSA) is 69.7 Å². The highest BCUT2D eigenvalue weighted by Gasteiger charge is 2.24. The van der Waals surface area contributed by atoms with Crippen LogP contribution in [0.2, 0.25) is 5.02 Å². The fourth-order valence-corrected chi connectivity index (χ4v) is 4.07. The van der Waals surface area contributed by atoms with Gasteiger partial charge in [-0.15, -0.1) is 0 Å². The largest absolute Gasteiger partial charge is 0.343 e. The Morgan fingerprint density at radius 1 is 1.03 bits per heavy atom. The number of carbonyl (C=O) groups is 3. The molecule has 0 aromatic heterocycles. The van der Waals surface area contributed by atoms with Gasteiger partial charge in [-0.2, -0.15) is 0 Å². The molecule has 0 unspecified atom stereocenters. The summed E-state index contributed by atoms with van der Waals surface area (Å²) in [6, 6.07) is 13.1. The van der Waals surface area contributed by atoms with E-state index in [2.05, 4.69) is 5.32 Å². The lowest BCUT2D eigenvalue weighted by Gasteiger charge is -2.30. The molecule has 0 radical (unpaired) electrons. The Bertz CT molecular complexity index is 971. The van der Waals surface area contributed by atoms with Crippen molar-refractivity contribution in [2.45, 2.75) is 52.5 Å². The first-order valence-corrected chi connectivity index (χ1v) is 11.5. The van der Waals surface area contributed by atoms with E-state index in [-0.39, 0.29) is 17.7 Å². The highest BCUT2D eigenvalue weighted by Crippen LogP contribution is 2.31. The molecule has 6 nitrogen and oxygen atoms in total. The first-order valence-electron chi connectivity index (χ1n) is 11.2. The highest BCUT2D eigenvalue weighted by atomic mass is 35.5. The van der Waals surface area contributed by atoms with Gasteiger partial charge in [-0.25, -0.2) is 0 Å². The number of fused-ring (bicyclic) bond motifs is 1. The standard InChI is InChI=1S/C25H30ClN3O3/c1-3-28(4-2)24(31)7-5-6-23(30)27-21-13-14-22-19(16-21)10-15-25(32)29(22)17-18-8-11-20(26)12-9-18/h8-9,11-14,16H,3-7,10,15,17H2,1-2H3,(H,27,30). The summed E-state index contributed by atoms with van der Waals surface area (Å²) in [5.41, 5.74) is 3.63. The smallest absolute Gasteiger partial charge is 0.227 e. The third-order valence-electron chi connectivity index (χ3n) is 5.73. The molecule has 7 heteroatoms. The number of amides is 3. The maximum atomic E-state index is 12.6. The van der Waals surface area contributed by atoms with Crippen LogP contribution in [0.25, 0.3) is 0 Å². The maximum absolute atomic E-state index is 12.6. The molecule has 0 saturated carbocycles. The summed E-state index contributed by atoms with van der Waals surface area (Å²) in [4.78, 5) is 40.5. The van der Waals surface area contributed by atoms with Gasteiger partial charge in [-0.3, -0.25) is 14.4 Å². The average Bonchev–Trinajstić information content (AvgIpc) is 2.78. The number of nitrogens with one attached hydrogen (secondary N) is 1. The summed E-state index contributed by atoms with van der Waals surface area (Å²) >= 11 is 5.96. The molecular weight excluding hydrogens is 426 g/mol. The summed E-state index contributed by atoms with van der Waals surface area (Å²) in [7, 11) is 0. The van der Waals surface area contributed by atoms with Crippen LogP contribution in [0.3, 0.4) is 0 Å². The van der Waals surface area contributed by atoms with Gasteiger partial charge in [0.25, 0.3) is 0 Å². The summed E-state index contributed by atoms with van der Waals surface area (Å²) < 4.78 is 0. The van der Waals surface area contributed by atoms with Crippen molar-refractivity contribution < 1.29 is 14.4 Å². The van der Waals surface area contributed by atoms with Crippen molar-refractivity contribution in [3.63, 3.8) is 0 Å². The van der Waals surface area contributed by atoms with Crippen LogP contribution >= 0.6 is 11.6 Å². The predicted molar refractivity (Wildman–Crippen MR) is 128 cm³/mol. The number of nitrogens with zero attached hydrogens (tertiary/aromatic N) is 2. The van der Waals surface area contributed by atoms with Gasteiger partial charge >= 0.3 is 0 Å². The average molecular weight is 456 g/mol. The zero-order valence-electron chi connectivity index (χ0n) is 18.7. The third kappa shape index (κ3) is 6.10. The van der Waals surface area contributed by atoms with Gasteiger partial charge in [0.05, 0.1) is 6.54 Å². The van der Waals surface area contributed by atoms with Gasteiger partial charge < -0.3 is 15.1 Å². The molecule has 1 aliphatic heterocycles. The number of halogens is 1. The molecule has 170 valence electrons. The molecule has 2 aromatic rings. The zero-order valence-corrected chi connectivity index (χ0v) is 19.5. The summed E-state index contributed by atoms with van der Waals surface area (Å²) in [5, 5.41) is 3.59. The molecule has 0 aliphatic carbocycles. The number of anilines is 2. The van der Waals surface area contributed by atoms with Crippen molar-refractivity contribution in [3.8, 4) is 0 Å². The molecule has 0 bridgehead atoms. The van der Waals surface area contributed by atoms with Gasteiger partial charge in [-0.1, -0.05) is 23.7 Å². The summed E-state index contributed by atoms with van der Waals surface area (Å²) in [5.74, 6) is 0.0614. The number of carbonyl (C=O) groups excluding carboxylic acids is 3. The zero-order chi connectivity index (χ0) is 23.1. The molecule has 3 rings (SSSR count). The Labute approximate surface area is 194 Å². The van der Waals surface area contributed by atoms with Crippen LogP contribution in [0.4, 0.5) is 11.4 Å². The van der Waals surface area contributed by atoms with E-state index >= 15 is 0 Å².